The van der Waals surface area contributed by atoms with Gasteiger partial charge in [0.2, 0.25) is 0 Å². The maximum Gasteiger partial charge on any atom is 0.257 e. The van der Waals surface area contributed by atoms with Gasteiger partial charge in [0.15, 0.2) is 18.1 Å². The standard InChI is InChI=1S/C25H23ClFN3O4/c1-25(22-6-4-5-19(29-22)15-7-9-18(27)17(26)11-15)14-30(25)24(32)16-8-10-20(21(12-16)33-3)34-13-23(31)28-2/h4-12H,13-14H2,1-3H3,(H,28,31). The summed E-state index contributed by atoms with van der Waals surface area (Å²) < 4.78 is 24.3. The first kappa shape index (κ1) is 23.5. The molecule has 1 saturated heterocycles. The van der Waals surface area contributed by atoms with E-state index >= 15 is 0 Å². The molecule has 2 aromatic carbocycles. The Kier molecular flexibility index (Phi) is 6.43. The van der Waals surface area contributed by atoms with Crippen LogP contribution in [0.25, 0.3) is 11.3 Å². The number of nitrogens with one attached hydrogen (secondary N) is 1. The van der Waals surface area contributed by atoms with Crippen LogP contribution in [0.5, 0.6) is 11.5 Å². The highest BCUT2D eigenvalue weighted by atomic mass is 35.5. The van der Waals surface area contributed by atoms with E-state index in [1.165, 1.54) is 26.3 Å². The highest BCUT2D eigenvalue weighted by Gasteiger charge is 2.53. The summed E-state index contributed by atoms with van der Waals surface area (Å²) >= 11 is 5.92. The third-order valence-corrected chi connectivity index (χ3v) is 6.06. The average molecular weight is 484 g/mol. The van der Waals surface area contributed by atoms with E-state index < -0.39 is 11.4 Å². The van der Waals surface area contributed by atoms with Gasteiger partial charge in [0.1, 0.15) is 11.4 Å². The molecule has 2 heterocycles. The van der Waals surface area contributed by atoms with Crippen molar-refractivity contribution in [1.82, 2.24) is 15.2 Å². The van der Waals surface area contributed by atoms with Gasteiger partial charge in [-0.1, -0.05) is 17.7 Å². The first-order valence-electron chi connectivity index (χ1n) is 10.5. The predicted molar refractivity (Wildman–Crippen MR) is 126 cm³/mol. The highest BCUT2D eigenvalue weighted by molar-refractivity contribution is 6.31. The van der Waals surface area contributed by atoms with Crippen molar-refractivity contribution in [2.24, 2.45) is 0 Å². The van der Waals surface area contributed by atoms with Crippen LogP contribution in [0.4, 0.5) is 4.39 Å². The van der Waals surface area contributed by atoms with E-state index in [4.69, 9.17) is 26.1 Å². The van der Waals surface area contributed by atoms with Gasteiger partial charge in [-0.3, -0.25) is 14.6 Å². The minimum absolute atomic E-state index is 0.0239. The SMILES string of the molecule is CNC(=O)COc1ccc(C(=O)N2CC2(C)c2cccc(-c3ccc(F)c(Cl)c3)n2)cc1OC. The summed E-state index contributed by atoms with van der Waals surface area (Å²) in [5.41, 5.74) is 1.88. The molecule has 1 fully saturated rings. The minimum atomic E-state index is -0.585. The summed E-state index contributed by atoms with van der Waals surface area (Å²) in [6.07, 6.45) is 0. The monoisotopic (exact) mass is 483 g/mol. The molecule has 0 saturated carbocycles. The van der Waals surface area contributed by atoms with Crippen molar-refractivity contribution in [2.75, 3.05) is 27.3 Å². The van der Waals surface area contributed by atoms with E-state index in [1.807, 2.05) is 25.1 Å². The van der Waals surface area contributed by atoms with Crippen LogP contribution < -0.4 is 14.8 Å². The third kappa shape index (κ3) is 4.54. The molecule has 0 radical (unpaired) electrons. The fraction of sp³-hybridized carbons (Fsp3) is 0.240. The lowest BCUT2D eigenvalue weighted by atomic mass is 10.0. The van der Waals surface area contributed by atoms with E-state index in [2.05, 4.69) is 5.32 Å². The number of hydrogen-bond donors (Lipinski definition) is 1. The molecule has 1 aliphatic rings. The number of rotatable bonds is 7. The second-order valence-electron chi connectivity index (χ2n) is 8.03. The fourth-order valence-electron chi connectivity index (χ4n) is 3.63. The lowest BCUT2D eigenvalue weighted by Crippen LogP contribution is -2.25. The van der Waals surface area contributed by atoms with Crippen molar-refractivity contribution in [3.05, 3.63) is 76.7 Å². The fourth-order valence-corrected chi connectivity index (χ4v) is 3.81. The van der Waals surface area contributed by atoms with Gasteiger partial charge in [-0.25, -0.2) is 4.39 Å². The average Bonchev–Trinajstić information content (AvgIpc) is 3.56. The summed E-state index contributed by atoms with van der Waals surface area (Å²) in [6, 6.07) is 14.8. The number of ether oxygens (including phenoxy) is 2. The summed E-state index contributed by atoms with van der Waals surface area (Å²) in [7, 11) is 2.99. The molecule has 9 heteroatoms. The lowest BCUT2D eigenvalue weighted by Gasteiger charge is -2.15. The number of benzene rings is 2. The number of methoxy groups -OCH3 is 1. The Bertz CT molecular complexity index is 1270. The van der Waals surface area contributed by atoms with E-state index in [0.717, 1.165) is 5.69 Å². The van der Waals surface area contributed by atoms with Gasteiger partial charge in [0, 0.05) is 18.2 Å². The molecule has 1 atom stereocenters. The maximum absolute atomic E-state index is 13.5. The molecule has 0 aliphatic carbocycles. The Morgan fingerprint density at radius 1 is 1.18 bits per heavy atom. The number of carbonyl (C=O) groups excluding carboxylic acids is 2. The van der Waals surface area contributed by atoms with Crippen molar-refractivity contribution in [2.45, 2.75) is 12.5 Å². The Morgan fingerprint density at radius 2 is 1.97 bits per heavy atom. The van der Waals surface area contributed by atoms with Gasteiger partial charge >= 0.3 is 0 Å². The molecule has 1 unspecified atom stereocenters. The number of pyridine rings is 1. The van der Waals surface area contributed by atoms with Gasteiger partial charge in [0.25, 0.3) is 11.8 Å². The van der Waals surface area contributed by atoms with Gasteiger partial charge in [-0.2, -0.15) is 0 Å². The molecular formula is C25H23ClFN3O4. The normalized spacial score (nSPS) is 16.7. The Labute approximate surface area is 201 Å². The second-order valence-corrected chi connectivity index (χ2v) is 8.44. The third-order valence-electron chi connectivity index (χ3n) is 5.77. The largest absolute Gasteiger partial charge is 0.493 e. The molecule has 4 rings (SSSR count). The minimum Gasteiger partial charge on any atom is -0.493 e. The van der Waals surface area contributed by atoms with Crippen molar-refractivity contribution in [3.8, 4) is 22.8 Å². The number of nitrogens with zero attached hydrogens (tertiary/aromatic N) is 2. The number of likely N-dealkylation sites (N-methyl/N-ethyl adjacent to an activating group) is 1. The van der Waals surface area contributed by atoms with Crippen molar-refractivity contribution < 1.29 is 23.5 Å². The van der Waals surface area contributed by atoms with Crippen LogP contribution >= 0.6 is 11.6 Å². The molecule has 1 N–H and O–H groups in total. The maximum atomic E-state index is 13.5. The Hall–Kier alpha value is -3.65. The zero-order chi connectivity index (χ0) is 24.5. The number of aromatic nitrogens is 1. The van der Waals surface area contributed by atoms with E-state index in [0.29, 0.717) is 34.9 Å². The van der Waals surface area contributed by atoms with Gasteiger partial charge < -0.3 is 19.7 Å². The Morgan fingerprint density at radius 3 is 2.68 bits per heavy atom. The molecule has 0 spiro atoms. The molecule has 1 aliphatic heterocycles. The van der Waals surface area contributed by atoms with Crippen LogP contribution in [0.3, 0.4) is 0 Å². The second kappa shape index (κ2) is 9.30. The number of hydrogen-bond acceptors (Lipinski definition) is 5. The van der Waals surface area contributed by atoms with Gasteiger partial charge in [-0.15, -0.1) is 0 Å². The molecule has 3 aromatic rings. The molecular weight excluding hydrogens is 461 g/mol. The topological polar surface area (TPSA) is 80.5 Å². The zero-order valence-corrected chi connectivity index (χ0v) is 19.6. The Balaban J connectivity index is 1.53. The number of halogens is 2. The first-order chi connectivity index (χ1) is 16.3. The van der Waals surface area contributed by atoms with Crippen molar-refractivity contribution >= 4 is 23.4 Å². The molecule has 176 valence electrons. The molecule has 1 aromatic heterocycles. The summed E-state index contributed by atoms with van der Waals surface area (Å²) in [6.45, 7) is 2.27. The summed E-state index contributed by atoms with van der Waals surface area (Å²) in [4.78, 5) is 31.1. The van der Waals surface area contributed by atoms with Crippen LogP contribution in [0.15, 0.2) is 54.6 Å². The van der Waals surface area contributed by atoms with Gasteiger partial charge in [0.05, 0.1) is 30.1 Å². The van der Waals surface area contributed by atoms with Crippen LogP contribution in [-0.4, -0.2) is 49.0 Å². The van der Waals surface area contributed by atoms with E-state index in [9.17, 15) is 14.0 Å². The van der Waals surface area contributed by atoms with E-state index in [-0.39, 0.29) is 23.4 Å². The number of carbonyl (C=O) groups is 2. The summed E-state index contributed by atoms with van der Waals surface area (Å²) in [5.74, 6) is -0.237. The molecule has 0 bridgehead atoms. The smallest absolute Gasteiger partial charge is 0.257 e. The van der Waals surface area contributed by atoms with Crippen LogP contribution in [0, 0.1) is 5.82 Å². The predicted octanol–water partition coefficient (Wildman–Crippen LogP) is 4.05. The lowest BCUT2D eigenvalue weighted by molar-refractivity contribution is -0.122. The number of amides is 2. The van der Waals surface area contributed by atoms with Crippen LogP contribution in [0.1, 0.15) is 23.0 Å². The van der Waals surface area contributed by atoms with Gasteiger partial charge in [-0.05, 0) is 55.5 Å². The first-order valence-corrected chi connectivity index (χ1v) is 10.9. The molecule has 7 nitrogen and oxygen atoms in total. The molecule has 34 heavy (non-hydrogen) atoms. The zero-order valence-electron chi connectivity index (χ0n) is 18.9. The summed E-state index contributed by atoms with van der Waals surface area (Å²) in [5, 5.41) is 2.50. The van der Waals surface area contributed by atoms with Crippen LogP contribution in [0.2, 0.25) is 5.02 Å². The van der Waals surface area contributed by atoms with E-state index in [1.54, 1.807) is 29.2 Å². The van der Waals surface area contributed by atoms with Crippen molar-refractivity contribution in [1.29, 1.82) is 0 Å². The van der Waals surface area contributed by atoms with Crippen molar-refractivity contribution in [3.63, 3.8) is 0 Å². The quantitative estimate of drug-likeness (QED) is 0.513. The van der Waals surface area contributed by atoms with Crippen LogP contribution in [-0.2, 0) is 10.3 Å². The highest BCUT2D eigenvalue weighted by Crippen LogP contribution is 2.43. The molecule has 2 amide bonds.